The molecule has 0 aromatic rings. The Morgan fingerprint density at radius 2 is 2.00 bits per heavy atom. The molecule has 0 radical (unpaired) electrons. The van der Waals surface area contributed by atoms with Crippen molar-refractivity contribution < 1.29 is 17.9 Å². The number of nitrogens with two attached hydrogens (primary N) is 1. The van der Waals surface area contributed by atoms with Gasteiger partial charge in [-0.05, 0) is 38.0 Å². The van der Waals surface area contributed by atoms with E-state index in [0.717, 1.165) is 19.3 Å². The number of hydrogen-bond acceptors (Lipinski definition) is 5. The minimum absolute atomic E-state index is 0.189. The Morgan fingerprint density at radius 1 is 1.32 bits per heavy atom. The van der Waals surface area contributed by atoms with Crippen LogP contribution in [-0.2, 0) is 19.6 Å². The van der Waals surface area contributed by atoms with Crippen molar-refractivity contribution in [1.29, 1.82) is 0 Å². The van der Waals surface area contributed by atoms with E-state index in [2.05, 4.69) is 0 Å². The molecule has 7 heteroatoms. The van der Waals surface area contributed by atoms with Crippen LogP contribution in [0, 0.1) is 11.8 Å². The normalized spacial score (nSPS) is 32.0. The molecule has 1 heterocycles. The SMILES string of the molecule is CCOC(=O)CS(=O)(=O)N1C[C@H]2CCC(N)C[C@H]2C1. The van der Waals surface area contributed by atoms with Crippen molar-refractivity contribution >= 4 is 16.0 Å². The molecule has 0 amide bonds. The standard InChI is InChI=1S/C12H22N2O4S/c1-2-18-12(15)8-19(16,17)14-6-9-3-4-11(13)5-10(9)7-14/h9-11H,2-8,13H2,1H3/t9-,10+,11?/m1/s1. The fraction of sp³-hybridized carbons (Fsp3) is 0.917. The average molecular weight is 290 g/mol. The van der Waals surface area contributed by atoms with Crippen molar-refractivity contribution in [2.75, 3.05) is 25.4 Å². The molecular formula is C12H22N2O4S. The topological polar surface area (TPSA) is 89.7 Å². The predicted octanol–water partition coefficient (Wildman–Crippen LogP) is -0.0615. The molecule has 0 bridgehead atoms. The maximum absolute atomic E-state index is 12.1. The third-order valence-electron chi connectivity index (χ3n) is 4.06. The first-order chi connectivity index (χ1) is 8.92. The lowest BCUT2D eigenvalue weighted by Gasteiger charge is -2.28. The van der Waals surface area contributed by atoms with Gasteiger partial charge in [-0.2, -0.15) is 0 Å². The first-order valence-corrected chi connectivity index (χ1v) is 8.42. The largest absolute Gasteiger partial charge is 0.465 e. The molecule has 2 rings (SSSR count). The first kappa shape index (κ1) is 14.7. The summed E-state index contributed by atoms with van der Waals surface area (Å²) in [6.07, 6.45) is 2.83. The van der Waals surface area contributed by atoms with Crippen LogP contribution in [-0.4, -0.2) is 50.2 Å². The van der Waals surface area contributed by atoms with Gasteiger partial charge in [0.15, 0.2) is 5.75 Å². The van der Waals surface area contributed by atoms with Crippen LogP contribution >= 0.6 is 0 Å². The van der Waals surface area contributed by atoms with E-state index in [1.165, 1.54) is 4.31 Å². The van der Waals surface area contributed by atoms with Gasteiger partial charge in [-0.25, -0.2) is 12.7 Å². The van der Waals surface area contributed by atoms with Crippen molar-refractivity contribution in [3.05, 3.63) is 0 Å². The minimum atomic E-state index is -3.54. The van der Waals surface area contributed by atoms with Crippen LogP contribution in [0.3, 0.4) is 0 Å². The van der Waals surface area contributed by atoms with E-state index in [4.69, 9.17) is 10.5 Å². The van der Waals surface area contributed by atoms with E-state index in [0.29, 0.717) is 24.9 Å². The Labute approximate surface area is 114 Å². The van der Waals surface area contributed by atoms with Gasteiger partial charge in [-0.1, -0.05) is 0 Å². The van der Waals surface area contributed by atoms with Gasteiger partial charge in [0.25, 0.3) is 0 Å². The molecule has 1 aliphatic heterocycles. The molecule has 6 nitrogen and oxygen atoms in total. The fourth-order valence-corrected chi connectivity index (χ4v) is 4.50. The molecule has 0 spiro atoms. The van der Waals surface area contributed by atoms with Crippen molar-refractivity contribution in [3.8, 4) is 0 Å². The van der Waals surface area contributed by atoms with E-state index in [1.807, 2.05) is 0 Å². The smallest absolute Gasteiger partial charge is 0.322 e. The average Bonchev–Trinajstić information content (AvgIpc) is 2.72. The third-order valence-corrected chi connectivity index (χ3v) is 5.74. The lowest BCUT2D eigenvalue weighted by atomic mass is 9.79. The fourth-order valence-electron chi connectivity index (χ4n) is 3.09. The number of hydrogen-bond donors (Lipinski definition) is 1. The van der Waals surface area contributed by atoms with Gasteiger partial charge < -0.3 is 10.5 Å². The van der Waals surface area contributed by atoms with Crippen LogP contribution < -0.4 is 5.73 Å². The highest BCUT2D eigenvalue weighted by atomic mass is 32.2. The molecule has 1 unspecified atom stereocenters. The van der Waals surface area contributed by atoms with Gasteiger partial charge in [0.05, 0.1) is 6.61 Å². The lowest BCUT2D eigenvalue weighted by Crippen LogP contribution is -2.34. The zero-order valence-corrected chi connectivity index (χ0v) is 12.1. The second-order valence-electron chi connectivity index (χ2n) is 5.47. The molecule has 0 aromatic carbocycles. The van der Waals surface area contributed by atoms with E-state index >= 15 is 0 Å². The molecule has 19 heavy (non-hydrogen) atoms. The van der Waals surface area contributed by atoms with Crippen molar-refractivity contribution in [2.45, 2.75) is 32.2 Å². The van der Waals surface area contributed by atoms with Crippen LogP contribution in [0.15, 0.2) is 0 Å². The number of carbonyl (C=O) groups is 1. The highest BCUT2D eigenvalue weighted by Crippen LogP contribution is 2.36. The summed E-state index contributed by atoms with van der Waals surface area (Å²) in [6, 6.07) is 0.189. The highest BCUT2D eigenvalue weighted by molar-refractivity contribution is 7.89. The number of esters is 1. The zero-order chi connectivity index (χ0) is 14.0. The Kier molecular flexibility index (Phi) is 4.47. The lowest BCUT2D eigenvalue weighted by molar-refractivity contribution is -0.140. The molecule has 2 fully saturated rings. The number of fused-ring (bicyclic) bond motifs is 1. The van der Waals surface area contributed by atoms with Crippen molar-refractivity contribution in [1.82, 2.24) is 4.31 Å². The second-order valence-corrected chi connectivity index (χ2v) is 7.44. The van der Waals surface area contributed by atoms with Gasteiger partial charge >= 0.3 is 5.97 Å². The number of rotatable bonds is 4. The third kappa shape index (κ3) is 3.46. The maximum atomic E-state index is 12.1. The van der Waals surface area contributed by atoms with Crippen LogP contribution in [0.5, 0.6) is 0 Å². The molecule has 0 aromatic heterocycles. The predicted molar refractivity (Wildman–Crippen MR) is 70.8 cm³/mol. The molecular weight excluding hydrogens is 268 g/mol. The maximum Gasteiger partial charge on any atom is 0.322 e. The van der Waals surface area contributed by atoms with Crippen LogP contribution in [0.1, 0.15) is 26.2 Å². The Morgan fingerprint density at radius 3 is 2.68 bits per heavy atom. The Balaban J connectivity index is 1.97. The molecule has 3 atom stereocenters. The van der Waals surface area contributed by atoms with Crippen LogP contribution in [0.2, 0.25) is 0 Å². The summed E-state index contributed by atoms with van der Waals surface area (Å²) in [5.74, 6) is -0.474. The van der Waals surface area contributed by atoms with Gasteiger partial charge in [0.2, 0.25) is 10.0 Å². The quantitative estimate of drug-likeness (QED) is 0.733. The number of nitrogens with zero attached hydrogens (tertiary/aromatic N) is 1. The van der Waals surface area contributed by atoms with E-state index in [9.17, 15) is 13.2 Å². The summed E-state index contributed by atoms with van der Waals surface area (Å²) < 4.78 is 30.4. The second kappa shape index (κ2) is 5.76. The molecule has 2 aliphatic rings. The van der Waals surface area contributed by atoms with E-state index in [-0.39, 0.29) is 12.6 Å². The Bertz CT molecular complexity index is 437. The summed E-state index contributed by atoms with van der Waals surface area (Å²) in [7, 11) is -3.54. The van der Waals surface area contributed by atoms with Crippen LogP contribution in [0.4, 0.5) is 0 Å². The summed E-state index contributed by atoms with van der Waals surface area (Å²) >= 11 is 0. The molecule has 1 saturated heterocycles. The van der Waals surface area contributed by atoms with Crippen LogP contribution in [0.25, 0.3) is 0 Å². The van der Waals surface area contributed by atoms with Crippen molar-refractivity contribution in [3.63, 3.8) is 0 Å². The molecule has 110 valence electrons. The number of ether oxygens (including phenoxy) is 1. The Hall–Kier alpha value is -0.660. The van der Waals surface area contributed by atoms with Gasteiger partial charge in [-0.15, -0.1) is 0 Å². The number of sulfonamides is 1. The molecule has 2 N–H and O–H groups in total. The summed E-state index contributed by atoms with van der Waals surface area (Å²) in [5.41, 5.74) is 5.92. The van der Waals surface area contributed by atoms with E-state index in [1.54, 1.807) is 6.92 Å². The zero-order valence-electron chi connectivity index (χ0n) is 11.2. The summed E-state index contributed by atoms with van der Waals surface area (Å²) in [6.45, 7) is 2.89. The van der Waals surface area contributed by atoms with Gasteiger partial charge in [-0.3, -0.25) is 4.79 Å². The van der Waals surface area contributed by atoms with Crippen molar-refractivity contribution in [2.24, 2.45) is 17.6 Å². The van der Waals surface area contributed by atoms with Gasteiger partial charge in [0, 0.05) is 19.1 Å². The monoisotopic (exact) mass is 290 g/mol. The minimum Gasteiger partial charge on any atom is -0.465 e. The summed E-state index contributed by atoms with van der Waals surface area (Å²) in [5, 5.41) is 0. The highest BCUT2D eigenvalue weighted by Gasteiger charge is 2.41. The van der Waals surface area contributed by atoms with E-state index < -0.39 is 21.7 Å². The van der Waals surface area contributed by atoms with Gasteiger partial charge in [0.1, 0.15) is 0 Å². The number of carbonyl (C=O) groups excluding carboxylic acids is 1. The summed E-state index contributed by atoms with van der Waals surface area (Å²) in [4.78, 5) is 11.3. The molecule has 1 saturated carbocycles. The first-order valence-electron chi connectivity index (χ1n) is 6.81. The molecule has 1 aliphatic carbocycles.